The van der Waals surface area contributed by atoms with E-state index in [0.29, 0.717) is 22.6 Å². The lowest BCUT2D eigenvalue weighted by molar-refractivity contribution is -0.135. The fraction of sp³-hybridized carbons (Fsp3) is 0.174. The summed E-state index contributed by atoms with van der Waals surface area (Å²) < 4.78 is 17.0. The van der Waals surface area contributed by atoms with E-state index in [1.807, 2.05) is 42.5 Å². The van der Waals surface area contributed by atoms with Crippen LogP contribution in [0.5, 0.6) is 11.5 Å². The Hall–Kier alpha value is -3.87. The summed E-state index contributed by atoms with van der Waals surface area (Å²) in [5, 5.41) is 7.37. The first kappa shape index (κ1) is 19.4. The zero-order valence-electron chi connectivity index (χ0n) is 16.8. The van der Waals surface area contributed by atoms with E-state index in [1.54, 1.807) is 25.3 Å². The van der Waals surface area contributed by atoms with Gasteiger partial charge < -0.3 is 14.2 Å². The molecule has 0 N–H and O–H groups in total. The van der Waals surface area contributed by atoms with Crippen molar-refractivity contribution in [1.82, 2.24) is 5.01 Å². The zero-order chi connectivity index (χ0) is 21.3. The fourth-order valence-corrected chi connectivity index (χ4v) is 3.46. The lowest BCUT2D eigenvalue weighted by Crippen LogP contribution is -2.26. The molecule has 0 aliphatic carbocycles. The maximum absolute atomic E-state index is 12.4. The highest BCUT2D eigenvalue weighted by Crippen LogP contribution is 2.41. The second-order valence-corrected chi connectivity index (χ2v) is 6.73. The van der Waals surface area contributed by atoms with Gasteiger partial charge in [0.1, 0.15) is 11.5 Å². The minimum atomic E-state index is -0.900. The molecule has 0 aromatic heterocycles. The van der Waals surface area contributed by atoms with Crippen molar-refractivity contribution in [1.29, 1.82) is 0 Å². The van der Waals surface area contributed by atoms with Crippen LogP contribution in [-0.4, -0.2) is 29.9 Å². The topological polar surface area (TPSA) is 77.4 Å². The molecule has 0 fully saturated rings. The molecule has 4 rings (SSSR count). The van der Waals surface area contributed by atoms with E-state index in [9.17, 15) is 9.59 Å². The van der Waals surface area contributed by atoms with Gasteiger partial charge in [-0.2, -0.15) is 5.01 Å². The lowest BCUT2D eigenvalue weighted by atomic mass is 10.0. The predicted molar refractivity (Wildman–Crippen MR) is 111 cm³/mol. The molecule has 7 nitrogen and oxygen atoms in total. The Kier molecular flexibility index (Phi) is 5.10. The maximum Gasteiger partial charge on any atom is 0.308 e. The Morgan fingerprint density at radius 3 is 2.43 bits per heavy atom. The highest BCUT2D eigenvalue weighted by Gasteiger charge is 2.37. The van der Waals surface area contributed by atoms with Gasteiger partial charge in [0.25, 0.3) is 0 Å². The van der Waals surface area contributed by atoms with Crippen molar-refractivity contribution in [3.63, 3.8) is 0 Å². The average molecular weight is 404 g/mol. The Morgan fingerprint density at radius 1 is 0.967 bits per heavy atom. The van der Waals surface area contributed by atoms with E-state index in [-0.39, 0.29) is 11.8 Å². The highest BCUT2D eigenvalue weighted by atomic mass is 16.6. The molecule has 0 saturated carbocycles. The molecule has 152 valence electrons. The van der Waals surface area contributed by atoms with Crippen molar-refractivity contribution in [2.24, 2.45) is 5.10 Å². The zero-order valence-corrected chi connectivity index (χ0v) is 16.8. The van der Waals surface area contributed by atoms with Crippen LogP contribution in [0, 0.1) is 0 Å². The van der Waals surface area contributed by atoms with Crippen molar-refractivity contribution in [2.45, 2.75) is 20.1 Å². The third-order valence-electron chi connectivity index (χ3n) is 4.74. The molecule has 3 aromatic carbocycles. The smallest absolute Gasteiger partial charge is 0.308 e. The van der Waals surface area contributed by atoms with E-state index in [0.717, 1.165) is 10.8 Å². The fourth-order valence-electron chi connectivity index (χ4n) is 3.46. The van der Waals surface area contributed by atoms with Crippen molar-refractivity contribution >= 4 is 28.5 Å². The van der Waals surface area contributed by atoms with Crippen molar-refractivity contribution in [2.75, 3.05) is 7.11 Å². The number of ether oxygens (including phenoxy) is 3. The molecule has 1 heterocycles. The van der Waals surface area contributed by atoms with Crippen LogP contribution in [-0.2, 0) is 14.3 Å². The summed E-state index contributed by atoms with van der Waals surface area (Å²) in [5.74, 6) is 0.346. The largest absolute Gasteiger partial charge is 0.496 e. The molecule has 1 aliphatic rings. The summed E-state index contributed by atoms with van der Waals surface area (Å²) >= 11 is 0. The molecule has 1 aliphatic heterocycles. The van der Waals surface area contributed by atoms with Crippen LogP contribution in [0.15, 0.2) is 65.8 Å². The molecule has 0 radical (unpaired) electrons. The number of hydrazone groups is 1. The Labute approximate surface area is 173 Å². The van der Waals surface area contributed by atoms with E-state index in [4.69, 9.17) is 14.2 Å². The number of hydrogen-bond acceptors (Lipinski definition) is 6. The second kappa shape index (κ2) is 7.87. The van der Waals surface area contributed by atoms with E-state index < -0.39 is 12.2 Å². The Balaban J connectivity index is 1.87. The molecular formula is C23H20N2O5. The maximum atomic E-state index is 12.4. The molecular weight excluding hydrogens is 384 g/mol. The van der Waals surface area contributed by atoms with Crippen LogP contribution in [0.4, 0.5) is 0 Å². The van der Waals surface area contributed by atoms with Crippen molar-refractivity contribution in [3.8, 4) is 11.5 Å². The number of carbonyl (C=O) groups excluding carboxylic acids is 2. The normalized spacial score (nSPS) is 15.5. The summed E-state index contributed by atoms with van der Waals surface area (Å²) in [6.45, 7) is 2.73. The number of amides is 1. The van der Waals surface area contributed by atoms with Gasteiger partial charge in [-0.05, 0) is 29.0 Å². The highest BCUT2D eigenvalue weighted by molar-refractivity contribution is 5.99. The van der Waals surface area contributed by atoms with E-state index >= 15 is 0 Å². The van der Waals surface area contributed by atoms with Gasteiger partial charge in [-0.25, -0.2) is 0 Å². The van der Waals surface area contributed by atoms with Gasteiger partial charge >= 0.3 is 5.97 Å². The van der Waals surface area contributed by atoms with Crippen LogP contribution in [0.3, 0.4) is 0 Å². The number of benzene rings is 3. The Morgan fingerprint density at radius 2 is 1.70 bits per heavy atom. The van der Waals surface area contributed by atoms with E-state index in [2.05, 4.69) is 5.10 Å². The summed E-state index contributed by atoms with van der Waals surface area (Å²) in [6, 6.07) is 18.4. The summed E-state index contributed by atoms with van der Waals surface area (Å²) in [5.41, 5.74) is 1.16. The van der Waals surface area contributed by atoms with Crippen molar-refractivity contribution < 1.29 is 23.8 Å². The number of nitrogens with zero attached hydrogens (tertiary/aromatic N) is 2. The first-order valence-corrected chi connectivity index (χ1v) is 9.38. The first-order valence-electron chi connectivity index (χ1n) is 9.38. The number of para-hydroxylation sites is 1. The van der Waals surface area contributed by atoms with Crippen LogP contribution in [0.2, 0.25) is 0 Å². The minimum absolute atomic E-state index is 0.245. The van der Waals surface area contributed by atoms with Gasteiger partial charge in [0.05, 0.1) is 18.2 Å². The second-order valence-electron chi connectivity index (χ2n) is 6.73. The van der Waals surface area contributed by atoms with Crippen LogP contribution in [0.25, 0.3) is 10.8 Å². The molecule has 1 amide bonds. The Bertz CT molecular complexity index is 1170. The molecule has 0 bridgehead atoms. The molecule has 0 spiro atoms. The predicted octanol–water partition coefficient (Wildman–Crippen LogP) is 4.01. The average Bonchev–Trinajstić information content (AvgIpc) is 3.18. The summed E-state index contributed by atoms with van der Waals surface area (Å²) in [7, 11) is 1.55. The van der Waals surface area contributed by atoms with E-state index in [1.165, 1.54) is 18.9 Å². The van der Waals surface area contributed by atoms with Gasteiger partial charge in [-0.1, -0.05) is 42.5 Å². The quantitative estimate of drug-likeness (QED) is 0.485. The summed E-state index contributed by atoms with van der Waals surface area (Å²) in [4.78, 5) is 24.1. The minimum Gasteiger partial charge on any atom is -0.496 e. The molecule has 0 unspecified atom stereocenters. The van der Waals surface area contributed by atoms with Gasteiger partial charge in [0.15, 0.2) is 0 Å². The number of rotatable bonds is 4. The number of fused-ring (bicyclic) bond motifs is 1. The monoisotopic (exact) mass is 404 g/mol. The number of carbonyl (C=O) groups is 2. The van der Waals surface area contributed by atoms with Gasteiger partial charge in [-0.3, -0.25) is 9.59 Å². The molecule has 1 atom stereocenters. The number of esters is 1. The first-order chi connectivity index (χ1) is 14.5. The number of hydrogen-bond donors (Lipinski definition) is 0. The number of methoxy groups -OCH3 is 1. The standard InChI is InChI=1S/C23H20N2O5/c1-14(26)25-23(30-22(24-25)18-10-6-7-11-19(18)28-3)21-17-9-5-4-8-16(17)12-13-20(21)29-15(2)27/h4-13,23H,1-3H3/t23-/m1/s1. The van der Waals surface area contributed by atoms with Crippen molar-refractivity contribution in [3.05, 3.63) is 71.8 Å². The van der Waals surface area contributed by atoms with Crippen LogP contribution in [0.1, 0.15) is 31.2 Å². The molecule has 7 heteroatoms. The lowest BCUT2D eigenvalue weighted by Gasteiger charge is -2.23. The molecule has 0 saturated heterocycles. The van der Waals surface area contributed by atoms with Gasteiger partial charge in [-0.15, -0.1) is 5.10 Å². The third kappa shape index (κ3) is 3.45. The van der Waals surface area contributed by atoms with Gasteiger partial charge in [0.2, 0.25) is 18.0 Å². The van der Waals surface area contributed by atoms with Crippen LogP contribution < -0.4 is 9.47 Å². The van der Waals surface area contributed by atoms with Gasteiger partial charge in [0, 0.05) is 13.8 Å². The SMILES string of the molecule is COc1ccccc1C1=NN(C(C)=O)[C@@H](c2c(OC(C)=O)ccc3ccccc23)O1. The molecule has 30 heavy (non-hydrogen) atoms. The third-order valence-corrected chi connectivity index (χ3v) is 4.74. The van der Waals surface area contributed by atoms with Crippen LogP contribution >= 0.6 is 0 Å². The molecule has 3 aromatic rings. The summed E-state index contributed by atoms with van der Waals surface area (Å²) in [6.07, 6.45) is -0.900.